The molecule has 1 aromatic heterocycles. The zero-order valence-corrected chi connectivity index (χ0v) is 11.6. The smallest absolute Gasteiger partial charge is 0.137 e. The summed E-state index contributed by atoms with van der Waals surface area (Å²) in [6.07, 6.45) is 1.65. The van der Waals surface area contributed by atoms with Crippen LogP contribution < -0.4 is 5.73 Å². The van der Waals surface area contributed by atoms with Crippen LogP contribution in [-0.2, 0) is 0 Å². The fraction of sp³-hybridized carbons (Fsp3) is 0. The number of aromatic nitrogens is 1. The molecule has 3 N–H and O–H groups in total. The number of rotatable bonds is 3. The van der Waals surface area contributed by atoms with Crippen LogP contribution in [0.4, 0.5) is 4.39 Å². The summed E-state index contributed by atoms with van der Waals surface area (Å²) in [5.41, 5.74) is 5.67. The largest absolute Gasteiger partial charge is 0.384 e. The second-order valence-corrected chi connectivity index (χ2v) is 5.34. The van der Waals surface area contributed by atoms with E-state index in [9.17, 15) is 4.39 Å². The minimum absolute atomic E-state index is 0.149. The maximum atomic E-state index is 13.8. The maximum Gasteiger partial charge on any atom is 0.137 e. The third-order valence-electron chi connectivity index (χ3n) is 2.17. The van der Waals surface area contributed by atoms with Crippen LogP contribution in [-0.4, -0.2) is 10.8 Å². The number of halogens is 2. The van der Waals surface area contributed by atoms with Crippen LogP contribution in [0.2, 0.25) is 0 Å². The van der Waals surface area contributed by atoms with Crippen molar-refractivity contribution >= 4 is 33.5 Å². The van der Waals surface area contributed by atoms with Gasteiger partial charge in [-0.15, -0.1) is 0 Å². The molecule has 1 aromatic carbocycles. The molecule has 2 aromatic rings. The molecule has 0 saturated carbocycles. The number of pyridine rings is 1. The Morgan fingerprint density at radius 3 is 2.78 bits per heavy atom. The first kappa shape index (κ1) is 13.0. The normalized spacial score (nSPS) is 10.3. The predicted octanol–water partition coefficient (Wildman–Crippen LogP) is 3.42. The third-order valence-corrected chi connectivity index (χ3v) is 4.15. The van der Waals surface area contributed by atoms with Crippen LogP contribution in [0, 0.1) is 11.2 Å². The van der Waals surface area contributed by atoms with Gasteiger partial charge in [0.25, 0.3) is 0 Å². The quantitative estimate of drug-likeness (QED) is 0.671. The number of nitrogen functional groups attached to an aromatic ring is 1. The van der Waals surface area contributed by atoms with Gasteiger partial charge >= 0.3 is 0 Å². The fourth-order valence-electron chi connectivity index (χ4n) is 1.30. The Balaban J connectivity index is 2.30. The molecule has 1 heterocycles. The Kier molecular flexibility index (Phi) is 3.98. The molecule has 0 unspecified atom stereocenters. The van der Waals surface area contributed by atoms with E-state index in [-0.39, 0.29) is 5.84 Å². The molecule has 0 fully saturated rings. The number of benzene rings is 1. The summed E-state index contributed by atoms with van der Waals surface area (Å²) in [5.74, 6) is -0.560. The molecule has 2 rings (SSSR count). The van der Waals surface area contributed by atoms with Crippen molar-refractivity contribution in [3.8, 4) is 0 Å². The summed E-state index contributed by atoms with van der Waals surface area (Å²) in [6, 6.07) is 8.10. The van der Waals surface area contributed by atoms with Crippen LogP contribution >= 0.6 is 27.7 Å². The molecule has 0 radical (unpaired) electrons. The third kappa shape index (κ3) is 2.88. The molecular formula is C12H9BrFN3S. The summed E-state index contributed by atoms with van der Waals surface area (Å²) >= 11 is 4.57. The van der Waals surface area contributed by atoms with Crippen LogP contribution in [0.1, 0.15) is 5.56 Å². The lowest BCUT2D eigenvalue weighted by molar-refractivity contribution is 0.601. The molecule has 0 amide bonds. The molecule has 0 spiro atoms. The average Bonchev–Trinajstić information content (AvgIpc) is 2.34. The van der Waals surface area contributed by atoms with Gasteiger partial charge in [-0.1, -0.05) is 11.8 Å². The van der Waals surface area contributed by atoms with E-state index >= 15 is 0 Å². The van der Waals surface area contributed by atoms with Crippen molar-refractivity contribution in [1.29, 1.82) is 5.41 Å². The lowest BCUT2D eigenvalue weighted by Gasteiger charge is -2.05. The van der Waals surface area contributed by atoms with Gasteiger partial charge in [-0.2, -0.15) is 0 Å². The lowest BCUT2D eigenvalue weighted by Crippen LogP contribution is -2.11. The second kappa shape index (κ2) is 5.49. The second-order valence-electron chi connectivity index (χ2n) is 3.45. The topological polar surface area (TPSA) is 62.8 Å². The SMILES string of the molecule is N=C(N)c1ccc(Sc2ncccc2Br)c(F)c1. The molecule has 0 aliphatic rings. The van der Waals surface area contributed by atoms with E-state index in [0.717, 1.165) is 4.47 Å². The summed E-state index contributed by atoms with van der Waals surface area (Å²) in [6.45, 7) is 0. The van der Waals surface area contributed by atoms with Gasteiger partial charge in [0.15, 0.2) is 0 Å². The van der Waals surface area contributed by atoms with Crippen LogP contribution in [0.25, 0.3) is 0 Å². The summed E-state index contributed by atoms with van der Waals surface area (Å²) in [7, 11) is 0. The molecule has 0 aliphatic heterocycles. The van der Waals surface area contributed by atoms with Crippen molar-refractivity contribution < 1.29 is 4.39 Å². The van der Waals surface area contributed by atoms with Crippen molar-refractivity contribution in [2.45, 2.75) is 9.92 Å². The van der Waals surface area contributed by atoms with Crippen LogP contribution in [0.3, 0.4) is 0 Å². The molecular weight excluding hydrogens is 317 g/mol. The first-order valence-corrected chi connectivity index (χ1v) is 6.61. The van der Waals surface area contributed by atoms with Gasteiger partial charge in [0.2, 0.25) is 0 Å². The summed E-state index contributed by atoms with van der Waals surface area (Å²) < 4.78 is 14.6. The van der Waals surface area contributed by atoms with Crippen LogP contribution in [0.5, 0.6) is 0 Å². The van der Waals surface area contributed by atoms with Gasteiger partial charge < -0.3 is 5.73 Å². The standard InChI is InChI=1S/C12H9BrFN3S/c13-8-2-1-5-17-12(8)18-10-4-3-7(11(15)16)6-9(10)14/h1-6H,(H3,15,16). The highest BCUT2D eigenvalue weighted by atomic mass is 79.9. The fourth-order valence-corrected chi connectivity index (χ4v) is 2.58. The zero-order chi connectivity index (χ0) is 13.1. The highest BCUT2D eigenvalue weighted by Gasteiger charge is 2.09. The van der Waals surface area contributed by atoms with Gasteiger partial charge in [-0.25, -0.2) is 9.37 Å². The maximum absolute atomic E-state index is 13.8. The van der Waals surface area contributed by atoms with Crippen molar-refractivity contribution in [3.05, 3.63) is 52.4 Å². The van der Waals surface area contributed by atoms with Crippen LogP contribution in [0.15, 0.2) is 50.9 Å². The van der Waals surface area contributed by atoms with E-state index in [2.05, 4.69) is 20.9 Å². The highest BCUT2D eigenvalue weighted by Crippen LogP contribution is 2.33. The Labute approximate surface area is 116 Å². The zero-order valence-electron chi connectivity index (χ0n) is 9.15. The number of nitrogens with one attached hydrogen (secondary N) is 1. The molecule has 3 nitrogen and oxygen atoms in total. The Morgan fingerprint density at radius 1 is 1.39 bits per heavy atom. The predicted molar refractivity (Wildman–Crippen MR) is 73.5 cm³/mol. The molecule has 0 atom stereocenters. The van der Waals surface area contributed by atoms with Gasteiger partial charge in [-0.3, -0.25) is 5.41 Å². The summed E-state index contributed by atoms with van der Waals surface area (Å²) in [5, 5.41) is 7.93. The number of amidine groups is 1. The van der Waals surface area contributed by atoms with Crippen molar-refractivity contribution in [2.75, 3.05) is 0 Å². The van der Waals surface area contributed by atoms with E-state index in [1.54, 1.807) is 24.4 Å². The van der Waals surface area contributed by atoms with E-state index < -0.39 is 5.82 Å². The van der Waals surface area contributed by atoms with Crippen molar-refractivity contribution in [1.82, 2.24) is 4.98 Å². The number of hydrogen-bond donors (Lipinski definition) is 2. The number of hydrogen-bond acceptors (Lipinski definition) is 3. The molecule has 18 heavy (non-hydrogen) atoms. The van der Waals surface area contributed by atoms with Crippen molar-refractivity contribution in [2.24, 2.45) is 5.73 Å². The minimum Gasteiger partial charge on any atom is -0.384 e. The van der Waals surface area contributed by atoms with Gasteiger partial charge in [0.05, 0.1) is 4.47 Å². The van der Waals surface area contributed by atoms with E-state index in [4.69, 9.17) is 11.1 Å². The first-order chi connectivity index (χ1) is 8.58. The van der Waals surface area contributed by atoms with Gasteiger partial charge in [0, 0.05) is 16.7 Å². The highest BCUT2D eigenvalue weighted by molar-refractivity contribution is 9.10. The van der Waals surface area contributed by atoms with Gasteiger partial charge in [0.1, 0.15) is 16.7 Å². The molecule has 0 saturated heterocycles. The first-order valence-electron chi connectivity index (χ1n) is 5.00. The number of nitrogens with zero attached hydrogens (tertiary/aromatic N) is 1. The molecule has 0 aliphatic carbocycles. The molecule has 92 valence electrons. The van der Waals surface area contributed by atoms with E-state index in [0.29, 0.717) is 15.5 Å². The van der Waals surface area contributed by atoms with Gasteiger partial charge in [-0.05, 0) is 46.3 Å². The lowest BCUT2D eigenvalue weighted by atomic mass is 10.2. The molecule has 0 bridgehead atoms. The van der Waals surface area contributed by atoms with E-state index in [1.165, 1.54) is 17.8 Å². The Bertz CT molecular complexity index is 604. The number of nitrogens with two attached hydrogens (primary N) is 1. The Morgan fingerprint density at radius 2 is 2.17 bits per heavy atom. The molecule has 6 heteroatoms. The minimum atomic E-state index is -0.412. The monoisotopic (exact) mass is 325 g/mol. The van der Waals surface area contributed by atoms with E-state index in [1.807, 2.05) is 6.07 Å². The summed E-state index contributed by atoms with van der Waals surface area (Å²) in [4.78, 5) is 4.60. The Hall–Kier alpha value is -1.40. The van der Waals surface area contributed by atoms with Crippen molar-refractivity contribution in [3.63, 3.8) is 0 Å². The average molecular weight is 326 g/mol.